The molecular weight excluding hydrogens is 204 g/mol. The van der Waals surface area contributed by atoms with E-state index in [4.69, 9.17) is 5.11 Å². The van der Waals surface area contributed by atoms with Gasteiger partial charge in [0, 0.05) is 19.3 Å². The molecule has 1 aliphatic heterocycles. The molecule has 0 bridgehead atoms. The molecule has 16 heavy (non-hydrogen) atoms. The van der Waals surface area contributed by atoms with Gasteiger partial charge in [-0.2, -0.15) is 0 Å². The van der Waals surface area contributed by atoms with Crippen molar-refractivity contribution in [3.63, 3.8) is 0 Å². The molecule has 1 fully saturated rings. The van der Waals surface area contributed by atoms with Crippen LogP contribution in [0.4, 0.5) is 5.82 Å². The fourth-order valence-corrected chi connectivity index (χ4v) is 1.91. The summed E-state index contributed by atoms with van der Waals surface area (Å²) in [6, 6.07) is 3.81. The maximum absolute atomic E-state index is 9.84. The molecule has 0 spiro atoms. The Morgan fingerprint density at radius 3 is 2.56 bits per heavy atom. The zero-order valence-corrected chi connectivity index (χ0v) is 9.56. The van der Waals surface area contributed by atoms with Crippen LogP contribution in [0.2, 0.25) is 0 Å². The highest BCUT2D eigenvalue weighted by Crippen LogP contribution is 2.24. The van der Waals surface area contributed by atoms with Crippen LogP contribution < -0.4 is 4.90 Å². The van der Waals surface area contributed by atoms with Gasteiger partial charge in [-0.25, -0.2) is 4.98 Å². The van der Waals surface area contributed by atoms with Gasteiger partial charge in [0.2, 0.25) is 0 Å². The number of pyridine rings is 1. The third-order valence-electron chi connectivity index (χ3n) is 3.16. The molecule has 1 aliphatic rings. The van der Waals surface area contributed by atoms with E-state index in [0.717, 1.165) is 37.3 Å². The van der Waals surface area contributed by atoms with Crippen molar-refractivity contribution >= 4 is 5.82 Å². The van der Waals surface area contributed by atoms with E-state index in [2.05, 4.69) is 9.88 Å². The summed E-state index contributed by atoms with van der Waals surface area (Å²) in [6.45, 7) is 3.57. The van der Waals surface area contributed by atoms with E-state index < -0.39 is 5.60 Å². The number of hydrogen-bond donors (Lipinski definition) is 2. The average Bonchev–Trinajstić information content (AvgIpc) is 2.29. The maximum atomic E-state index is 9.84. The smallest absolute Gasteiger partial charge is 0.128 e. The molecule has 0 atom stereocenters. The molecule has 2 rings (SSSR count). The Hall–Kier alpha value is -1.13. The van der Waals surface area contributed by atoms with E-state index in [9.17, 15) is 5.11 Å². The number of nitrogens with zero attached hydrogens (tertiary/aromatic N) is 2. The molecule has 2 N–H and O–H groups in total. The van der Waals surface area contributed by atoms with Gasteiger partial charge in [-0.15, -0.1) is 0 Å². The largest absolute Gasteiger partial charge is 0.392 e. The average molecular weight is 222 g/mol. The van der Waals surface area contributed by atoms with Gasteiger partial charge in [-0.3, -0.25) is 0 Å². The molecule has 2 heterocycles. The Morgan fingerprint density at radius 1 is 1.38 bits per heavy atom. The van der Waals surface area contributed by atoms with Crippen LogP contribution in [0.5, 0.6) is 0 Å². The number of hydrogen-bond acceptors (Lipinski definition) is 4. The fourth-order valence-electron chi connectivity index (χ4n) is 1.91. The molecule has 4 nitrogen and oxygen atoms in total. The fraction of sp³-hybridized carbons (Fsp3) is 0.583. The van der Waals surface area contributed by atoms with Crippen molar-refractivity contribution in [2.24, 2.45) is 0 Å². The topological polar surface area (TPSA) is 56.6 Å². The van der Waals surface area contributed by atoms with Gasteiger partial charge in [0.15, 0.2) is 0 Å². The number of piperidine rings is 1. The van der Waals surface area contributed by atoms with E-state index in [1.807, 2.05) is 19.1 Å². The number of rotatable bonds is 2. The summed E-state index contributed by atoms with van der Waals surface area (Å²) in [7, 11) is 0. The molecule has 4 heteroatoms. The minimum absolute atomic E-state index is 0.0298. The van der Waals surface area contributed by atoms with E-state index in [1.54, 1.807) is 6.20 Å². The first kappa shape index (κ1) is 11.4. The van der Waals surface area contributed by atoms with E-state index in [1.165, 1.54) is 0 Å². The zero-order valence-electron chi connectivity index (χ0n) is 9.56. The first-order valence-corrected chi connectivity index (χ1v) is 5.64. The first-order chi connectivity index (χ1) is 7.61. The highest BCUT2D eigenvalue weighted by Gasteiger charge is 2.27. The third kappa shape index (κ3) is 2.51. The number of aliphatic hydroxyl groups is 2. The van der Waals surface area contributed by atoms with Crippen LogP contribution in [0.3, 0.4) is 0 Å². The van der Waals surface area contributed by atoms with Crippen molar-refractivity contribution in [1.29, 1.82) is 0 Å². The molecule has 0 unspecified atom stereocenters. The molecule has 0 amide bonds. The van der Waals surface area contributed by atoms with Crippen molar-refractivity contribution in [3.8, 4) is 0 Å². The van der Waals surface area contributed by atoms with Gasteiger partial charge in [-0.05, 0) is 31.4 Å². The van der Waals surface area contributed by atoms with Gasteiger partial charge in [-0.1, -0.05) is 6.07 Å². The van der Waals surface area contributed by atoms with Gasteiger partial charge < -0.3 is 15.1 Å². The Bertz CT molecular complexity index is 339. The van der Waals surface area contributed by atoms with Gasteiger partial charge in [0.05, 0.1) is 12.2 Å². The van der Waals surface area contributed by atoms with E-state index >= 15 is 0 Å². The summed E-state index contributed by atoms with van der Waals surface area (Å²) in [4.78, 5) is 6.47. The summed E-state index contributed by atoms with van der Waals surface area (Å²) in [5.74, 6) is 0.924. The summed E-state index contributed by atoms with van der Waals surface area (Å²) in [5.41, 5.74) is 0.300. The standard InChI is InChI=1S/C12H18N2O2/c1-12(16)4-6-14(7-5-12)11-3-2-10(9-15)8-13-11/h2-3,8,15-16H,4-7,9H2,1H3. The van der Waals surface area contributed by atoms with Crippen molar-refractivity contribution in [3.05, 3.63) is 23.9 Å². The molecule has 0 aliphatic carbocycles. The van der Waals surface area contributed by atoms with Crippen LogP contribution in [0.25, 0.3) is 0 Å². The molecular formula is C12H18N2O2. The second kappa shape index (κ2) is 4.39. The minimum atomic E-state index is -0.526. The van der Waals surface area contributed by atoms with Gasteiger partial charge in [0.1, 0.15) is 5.82 Å². The van der Waals surface area contributed by atoms with Crippen molar-refractivity contribution in [2.75, 3.05) is 18.0 Å². The van der Waals surface area contributed by atoms with Crippen molar-refractivity contribution in [1.82, 2.24) is 4.98 Å². The first-order valence-electron chi connectivity index (χ1n) is 5.64. The van der Waals surface area contributed by atoms with Crippen LogP contribution >= 0.6 is 0 Å². The quantitative estimate of drug-likeness (QED) is 0.781. The lowest BCUT2D eigenvalue weighted by molar-refractivity contribution is 0.0350. The molecule has 0 radical (unpaired) electrons. The Balaban J connectivity index is 2.03. The van der Waals surface area contributed by atoms with Crippen LogP contribution in [0.15, 0.2) is 18.3 Å². The minimum Gasteiger partial charge on any atom is -0.392 e. The van der Waals surface area contributed by atoms with Crippen LogP contribution in [-0.2, 0) is 6.61 Å². The summed E-state index contributed by atoms with van der Waals surface area (Å²) in [5, 5.41) is 18.8. The van der Waals surface area contributed by atoms with E-state index in [0.29, 0.717) is 0 Å². The Labute approximate surface area is 95.5 Å². The predicted molar refractivity (Wildman–Crippen MR) is 62.2 cm³/mol. The van der Waals surface area contributed by atoms with Gasteiger partial charge in [0.25, 0.3) is 0 Å². The molecule has 1 aromatic heterocycles. The lowest BCUT2D eigenvalue weighted by Gasteiger charge is -2.36. The zero-order chi connectivity index (χ0) is 11.6. The highest BCUT2D eigenvalue weighted by atomic mass is 16.3. The second-order valence-corrected chi connectivity index (χ2v) is 4.67. The van der Waals surface area contributed by atoms with E-state index in [-0.39, 0.29) is 6.61 Å². The summed E-state index contributed by atoms with van der Waals surface area (Å²) < 4.78 is 0. The molecule has 1 aromatic rings. The molecule has 1 saturated heterocycles. The lowest BCUT2D eigenvalue weighted by atomic mass is 9.94. The van der Waals surface area contributed by atoms with Crippen LogP contribution in [-0.4, -0.2) is 33.9 Å². The number of aromatic nitrogens is 1. The monoisotopic (exact) mass is 222 g/mol. The van der Waals surface area contributed by atoms with Crippen molar-refractivity contribution in [2.45, 2.75) is 32.0 Å². The maximum Gasteiger partial charge on any atom is 0.128 e. The number of anilines is 1. The second-order valence-electron chi connectivity index (χ2n) is 4.67. The Kier molecular flexibility index (Phi) is 3.12. The Morgan fingerprint density at radius 2 is 2.06 bits per heavy atom. The molecule has 0 saturated carbocycles. The molecule has 0 aromatic carbocycles. The SMILES string of the molecule is CC1(O)CCN(c2ccc(CO)cn2)CC1. The predicted octanol–water partition coefficient (Wildman–Crippen LogP) is 0.925. The van der Waals surface area contributed by atoms with Crippen molar-refractivity contribution < 1.29 is 10.2 Å². The van der Waals surface area contributed by atoms with Crippen LogP contribution in [0, 0.1) is 0 Å². The normalized spacial score (nSPS) is 19.8. The summed E-state index contributed by atoms with van der Waals surface area (Å²) >= 11 is 0. The molecule has 88 valence electrons. The highest BCUT2D eigenvalue weighted by molar-refractivity contribution is 5.39. The summed E-state index contributed by atoms with van der Waals surface area (Å²) in [6.07, 6.45) is 3.24. The lowest BCUT2D eigenvalue weighted by Crippen LogP contribution is -2.42. The van der Waals surface area contributed by atoms with Crippen LogP contribution in [0.1, 0.15) is 25.3 Å². The number of aliphatic hydroxyl groups excluding tert-OH is 1. The van der Waals surface area contributed by atoms with Gasteiger partial charge >= 0.3 is 0 Å². The third-order valence-corrected chi connectivity index (χ3v) is 3.16.